The summed E-state index contributed by atoms with van der Waals surface area (Å²) >= 11 is 0. The van der Waals surface area contributed by atoms with Crippen LogP contribution in [0.3, 0.4) is 0 Å². The fourth-order valence-corrected chi connectivity index (χ4v) is 12.0. The number of ether oxygens (including phenoxy) is 1. The molecule has 242 valence electrons. The molecular weight excluding hydrogens is 524 g/mol. The SMILES string of the molecule is CC.CCC1(C)CCC2(C)CCC3(C)C(CCC4C5(C)CCC(OC(=O)CCCC(=O)O)C(C)C5CCC43C)C2C1O. The predicted molar refractivity (Wildman–Crippen MR) is 169 cm³/mol. The number of hydrogen-bond donors (Lipinski definition) is 2. The van der Waals surface area contributed by atoms with Gasteiger partial charge in [0.25, 0.3) is 0 Å². The minimum absolute atomic E-state index is 0.0186. The first-order valence-corrected chi connectivity index (χ1v) is 17.7. The number of carbonyl (C=O) groups excluding carboxylic acids is 1. The first kappa shape index (κ1) is 33.8. The van der Waals surface area contributed by atoms with E-state index in [0.717, 1.165) is 25.7 Å². The van der Waals surface area contributed by atoms with Crippen molar-refractivity contribution < 1.29 is 24.5 Å². The number of hydrogen-bond acceptors (Lipinski definition) is 4. The van der Waals surface area contributed by atoms with Crippen LogP contribution in [0.25, 0.3) is 0 Å². The summed E-state index contributed by atoms with van der Waals surface area (Å²) in [5, 5.41) is 20.9. The molecule has 0 saturated heterocycles. The maximum atomic E-state index is 12.6. The number of esters is 1. The molecule has 0 aromatic carbocycles. The standard InChI is InChI=1S/C35H58O5.C2H6/c1-8-31(3)18-19-32(4)20-21-34(6)24(29(32)30(31)39)12-13-26-33(5)16-15-25(40-28(38)11-9-10-27(36)37)22(2)23(33)14-17-35(26,34)7;1-2/h22-26,29-30,39H,8-21H2,1-7H3,(H,36,37);1-2H3. The number of aliphatic carboxylic acids is 1. The molecule has 5 aliphatic rings. The molecule has 12 unspecified atom stereocenters. The third-order valence-electron chi connectivity index (χ3n) is 15.1. The van der Waals surface area contributed by atoms with E-state index in [1.54, 1.807) is 0 Å². The van der Waals surface area contributed by atoms with Gasteiger partial charge in [-0.15, -0.1) is 0 Å². The minimum atomic E-state index is -0.858. The molecule has 5 rings (SSSR count). The van der Waals surface area contributed by atoms with Crippen molar-refractivity contribution in [1.29, 1.82) is 0 Å². The molecule has 0 aromatic heterocycles. The van der Waals surface area contributed by atoms with Crippen LogP contribution in [0.1, 0.15) is 152 Å². The molecule has 0 aliphatic heterocycles. The van der Waals surface area contributed by atoms with Gasteiger partial charge < -0.3 is 14.9 Å². The van der Waals surface area contributed by atoms with Crippen LogP contribution in [0.5, 0.6) is 0 Å². The molecule has 2 N–H and O–H groups in total. The molecule has 5 saturated carbocycles. The summed E-state index contributed by atoms with van der Waals surface area (Å²) in [5.74, 6) is 1.45. The number of rotatable bonds is 6. The van der Waals surface area contributed by atoms with E-state index >= 15 is 0 Å². The van der Waals surface area contributed by atoms with Crippen LogP contribution in [0.15, 0.2) is 0 Å². The van der Waals surface area contributed by atoms with Crippen LogP contribution in [0, 0.1) is 56.7 Å². The van der Waals surface area contributed by atoms with Gasteiger partial charge in [-0.1, -0.05) is 62.3 Å². The molecule has 0 radical (unpaired) electrons. The van der Waals surface area contributed by atoms with Crippen LogP contribution in [-0.2, 0) is 14.3 Å². The van der Waals surface area contributed by atoms with Gasteiger partial charge in [-0.25, -0.2) is 0 Å². The van der Waals surface area contributed by atoms with Crippen LogP contribution in [-0.4, -0.2) is 34.4 Å². The Labute approximate surface area is 257 Å². The fraction of sp³-hybridized carbons (Fsp3) is 0.946. The number of aliphatic hydroxyl groups excluding tert-OH is 1. The second-order valence-corrected chi connectivity index (χ2v) is 16.5. The lowest BCUT2D eigenvalue weighted by Crippen LogP contribution is -2.67. The Morgan fingerprint density at radius 2 is 1.48 bits per heavy atom. The Kier molecular flexibility index (Phi) is 9.66. The van der Waals surface area contributed by atoms with Gasteiger partial charge in [-0.3, -0.25) is 9.59 Å². The zero-order chi connectivity index (χ0) is 31.3. The average Bonchev–Trinajstić information content (AvgIpc) is 2.94. The van der Waals surface area contributed by atoms with Crippen molar-refractivity contribution >= 4 is 11.9 Å². The fourth-order valence-electron chi connectivity index (χ4n) is 12.0. The van der Waals surface area contributed by atoms with E-state index in [1.165, 1.54) is 44.9 Å². The van der Waals surface area contributed by atoms with Crippen LogP contribution in [0.2, 0.25) is 0 Å². The van der Waals surface area contributed by atoms with E-state index in [4.69, 9.17) is 9.84 Å². The van der Waals surface area contributed by atoms with E-state index < -0.39 is 5.97 Å². The van der Waals surface area contributed by atoms with Gasteiger partial charge >= 0.3 is 11.9 Å². The number of carbonyl (C=O) groups is 2. The maximum absolute atomic E-state index is 12.6. The van der Waals surface area contributed by atoms with Gasteiger partial charge in [0, 0.05) is 12.8 Å². The van der Waals surface area contributed by atoms with Crippen molar-refractivity contribution in [1.82, 2.24) is 0 Å². The van der Waals surface area contributed by atoms with Crippen LogP contribution >= 0.6 is 0 Å². The second-order valence-electron chi connectivity index (χ2n) is 16.5. The molecule has 5 nitrogen and oxygen atoms in total. The summed E-state index contributed by atoms with van der Waals surface area (Å²) in [6.45, 7) is 21.3. The van der Waals surface area contributed by atoms with Gasteiger partial charge in [0.15, 0.2) is 0 Å². The average molecular weight is 589 g/mol. The highest BCUT2D eigenvalue weighted by Gasteiger charge is 2.70. The highest BCUT2D eigenvalue weighted by molar-refractivity contribution is 5.71. The molecule has 0 aromatic rings. The Morgan fingerprint density at radius 1 is 0.810 bits per heavy atom. The largest absolute Gasteiger partial charge is 0.481 e. The molecule has 0 heterocycles. The lowest BCUT2D eigenvalue weighted by atomic mass is 9.32. The van der Waals surface area contributed by atoms with Gasteiger partial charge in [-0.05, 0) is 134 Å². The van der Waals surface area contributed by atoms with Gasteiger partial charge in [0.2, 0.25) is 0 Å². The van der Waals surface area contributed by atoms with Gasteiger partial charge in [0.1, 0.15) is 6.10 Å². The molecular formula is C37H64O5. The van der Waals surface area contributed by atoms with Gasteiger partial charge in [-0.2, -0.15) is 0 Å². The van der Waals surface area contributed by atoms with Crippen molar-refractivity contribution in [2.24, 2.45) is 56.7 Å². The normalized spacial score (nSPS) is 49.6. The van der Waals surface area contributed by atoms with Crippen molar-refractivity contribution in [2.75, 3.05) is 0 Å². The summed E-state index contributed by atoms with van der Waals surface area (Å²) in [4.78, 5) is 23.4. The van der Waals surface area contributed by atoms with E-state index in [-0.39, 0.29) is 58.1 Å². The Hall–Kier alpha value is -1.10. The van der Waals surface area contributed by atoms with E-state index in [2.05, 4.69) is 48.5 Å². The summed E-state index contributed by atoms with van der Waals surface area (Å²) in [7, 11) is 0. The van der Waals surface area contributed by atoms with Crippen LogP contribution < -0.4 is 0 Å². The van der Waals surface area contributed by atoms with Crippen LogP contribution in [0.4, 0.5) is 0 Å². The number of aliphatic hydroxyl groups is 1. The highest BCUT2D eigenvalue weighted by Crippen LogP contribution is 2.76. The topological polar surface area (TPSA) is 83.8 Å². The smallest absolute Gasteiger partial charge is 0.306 e. The number of fused-ring (bicyclic) bond motifs is 7. The lowest BCUT2D eigenvalue weighted by molar-refractivity contribution is -0.261. The highest BCUT2D eigenvalue weighted by atomic mass is 16.5. The summed E-state index contributed by atoms with van der Waals surface area (Å²) in [6.07, 6.45) is 13.3. The first-order chi connectivity index (χ1) is 19.7. The lowest BCUT2D eigenvalue weighted by Gasteiger charge is -2.73. The number of carboxylic acid groups (broad SMARTS) is 1. The third kappa shape index (κ3) is 5.18. The zero-order valence-electron chi connectivity index (χ0n) is 28.6. The Balaban J connectivity index is 0.00000198. The molecule has 5 aliphatic carbocycles. The molecule has 0 spiro atoms. The van der Waals surface area contributed by atoms with Crippen molar-refractivity contribution in [3.8, 4) is 0 Å². The molecule has 5 fully saturated rings. The third-order valence-corrected chi connectivity index (χ3v) is 15.1. The van der Waals surface area contributed by atoms with Gasteiger partial charge in [0.05, 0.1) is 6.10 Å². The predicted octanol–water partition coefficient (Wildman–Crippen LogP) is 9.05. The molecule has 0 amide bonds. The second kappa shape index (κ2) is 12.0. The Morgan fingerprint density at radius 3 is 2.12 bits per heavy atom. The number of carboxylic acids is 1. The maximum Gasteiger partial charge on any atom is 0.306 e. The first-order valence-electron chi connectivity index (χ1n) is 17.7. The molecule has 5 heteroatoms. The summed E-state index contributed by atoms with van der Waals surface area (Å²) in [6, 6.07) is 0. The minimum Gasteiger partial charge on any atom is -0.481 e. The Bertz CT molecular complexity index is 995. The molecule has 0 bridgehead atoms. The zero-order valence-corrected chi connectivity index (χ0v) is 28.6. The van der Waals surface area contributed by atoms with E-state index in [1.807, 2.05) is 13.8 Å². The summed E-state index contributed by atoms with van der Waals surface area (Å²) < 4.78 is 6.00. The molecule has 42 heavy (non-hydrogen) atoms. The monoisotopic (exact) mass is 588 g/mol. The van der Waals surface area contributed by atoms with E-state index in [0.29, 0.717) is 36.0 Å². The quantitative estimate of drug-likeness (QED) is 0.302. The van der Waals surface area contributed by atoms with Crippen molar-refractivity contribution in [3.63, 3.8) is 0 Å². The van der Waals surface area contributed by atoms with Crippen molar-refractivity contribution in [3.05, 3.63) is 0 Å². The van der Waals surface area contributed by atoms with E-state index in [9.17, 15) is 14.7 Å². The molecule has 12 atom stereocenters. The summed E-state index contributed by atoms with van der Waals surface area (Å²) in [5.41, 5.74) is 1.07. The van der Waals surface area contributed by atoms with Crippen molar-refractivity contribution in [2.45, 2.75) is 164 Å².